The third-order valence-corrected chi connectivity index (χ3v) is 5.83. The first-order chi connectivity index (χ1) is 15.4. The van der Waals surface area contributed by atoms with Crippen molar-refractivity contribution in [3.05, 3.63) is 121 Å². The Hall–Kier alpha value is -3.82. The molecule has 0 unspecified atom stereocenters. The van der Waals surface area contributed by atoms with Crippen LogP contribution in [-0.4, -0.2) is 14.0 Å². The summed E-state index contributed by atoms with van der Waals surface area (Å²) >= 11 is 0. The van der Waals surface area contributed by atoms with E-state index >= 15 is 0 Å². The lowest BCUT2D eigenvalue weighted by Crippen LogP contribution is -2.00. The lowest BCUT2D eigenvalue weighted by Gasteiger charge is -2.05. The molecule has 0 saturated heterocycles. The van der Waals surface area contributed by atoms with Gasteiger partial charge in [-0.05, 0) is 28.8 Å². The molecule has 2 aromatic heterocycles. The molecule has 2 heterocycles. The molecular formula is C28H22ClN3. The smallest absolute Gasteiger partial charge is 0.215 e. The van der Waals surface area contributed by atoms with Gasteiger partial charge in [-0.25, -0.2) is 4.98 Å². The van der Waals surface area contributed by atoms with Crippen molar-refractivity contribution in [1.82, 2.24) is 14.0 Å². The van der Waals surface area contributed by atoms with E-state index in [1.807, 2.05) is 6.07 Å². The first-order valence-electron chi connectivity index (χ1n) is 10.5. The zero-order chi connectivity index (χ0) is 20.6. The predicted molar refractivity (Wildman–Crippen MR) is 134 cm³/mol. The van der Waals surface area contributed by atoms with Crippen LogP contribution in [0.5, 0.6) is 0 Å². The van der Waals surface area contributed by atoms with Gasteiger partial charge in [0.15, 0.2) is 0 Å². The van der Waals surface area contributed by atoms with Gasteiger partial charge in [-0.15, -0.1) is 12.4 Å². The minimum Gasteiger partial charge on any atom is -0.305 e. The predicted octanol–water partition coefficient (Wildman–Crippen LogP) is 7.09. The van der Waals surface area contributed by atoms with E-state index in [1.54, 1.807) is 0 Å². The molecule has 6 aromatic rings. The summed E-state index contributed by atoms with van der Waals surface area (Å²) in [6.45, 7) is 0.793. The minimum absolute atomic E-state index is 0. The van der Waals surface area contributed by atoms with Gasteiger partial charge in [0, 0.05) is 11.8 Å². The Kier molecular flexibility index (Phi) is 5.26. The number of para-hydroxylation sites is 2. The second-order valence-electron chi connectivity index (χ2n) is 7.80. The van der Waals surface area contributed by atoms with E-state index in [-0.39, 0.29) is 12.4 Å². The molecule has 0 fully saturated rings. The third-order valence-electron chi connectivity index (χ3n) is 5.83. The molecule has 0 N–H and O–H groups in total. The summed E-state index contributed by atoms with van der Waals surface area (Å²) in [7, 11) is 0. The SMILES string of the molecule is Cl.c1ccc(Cn2c3ccccc3n3cc(-c4ccc(-c5ccccc5)cc4)nc23)cc1. The Bertz CT molecular complexity index is 1480. The second kappa shape index (κ2) is 8.37. The van der Waals surface area contributed by atoms with Crippen LogP contribution in [0.25, 0.3) is 39.2 Å². The van der Waals surface area contributed by atoms with Gasteiger partial charge in [0.25, 0.3) is 0 Å². The molecular weight excluding hydrogens is 414 g/mol. The van der Waals surface area contributed by atoms with Crippen LogP contribution in [0.15, 0.2) is 115 Å². The second-order valence-corrected chi connectivity index (χ2v) is 7.80. The zero-order valence-corrected chi connectivity index (χ0v) is 18.2. The van der Waals surface area contributed by atoms with Gasteiger partial charge < -0.3 is 4.57 Å². The molecule has 3 nitrogen and oxygen atoms in total. The third kappa shape index (κ3) is 3.47. The topological polar surface area (TPSA) is 22.2 Å². The molecule has 6 rings (SSSR count). The molecule has 156 valence electrons. The van der Waals surface area contributed by atoms with Crippen molar-refractivity contribution in [3.63, 3.8) is 0 Å². The van der Waals surface area contributed by atoms with Crippen LogP contribution in [0.3, 0.4) is 0 Å². The van der Waals surface area contributed by atoms with Crippen LogP contribution in [0.1, 0.15) is 5.56 Å². The number of imidazole rings is 2. The Morgan fingerprint density at radius 2 is 1.12 bits per heavy atom. The van der Waals surface area contributed by atoms with Crippen molar-refractivity contribution >= 4 is 29.2 Å². The Morgan fingerprint density at radius 3 is 1.84 bits per heavy atom. The largest absolute Gasteiger partial charge is 0.305 e. The van der Waals surface area contributed by atoms with Gasteiger partial charge >= 0.3 is 0 Å². The number of hydrogen-bond donors (Lipinski definition) is 0. The van der Waals surface area contributed by atoms with Gasteiger partial charge in [-0.2, -0.15) is 0 Å². The van der Waals surface area contributed by atoms with E-state index in [0.29, 0.717) is 0 Å². The maximum absolute atomic E-state index is 5.04. The van der Waals surface area contributed by atoms with Crippen molar-refractivity contribution in [2.45, 2.75) is 6.54 Å². The van der Waals surface area contributed by atoms with E-state index in [1.165, 1.54) is 27.7 Å². The lowest BCUT2D eigenvalue weighted by atomic mass is 10.0. The molecule has 4 heteroatoms. The normalized spacial score (nSPS) is 11.0. The summed E-state index contributed by atoms with van der Waals surface area (Å²) in [6, 6.07) is 38.2. The van der Waals surface area contributed by atoms with Crippen molar-refractivity contribution in [2.24, 2.45) is 0 Å². The molecule has 0 aliphatic carbocycles. The zero-order valence-electron chi connectivity index (χ0n) is 17.4. The molecule has 0 bridgehead atoms. The van der Waals surface area contributed by atoms with Gasteiger partial charge in [-0.1, -0.05) is 97.1 Å². The monoisotopic (exact) mass is 435 g/mol. The van der Waals surface area contributed by atoms with E-state index in [0.717, 1.165) is 23.6 Å². The highest BCUT2D eigenvalue weighted by Gasteiger charge is 2.15. The highest BCUT2D eigenvalue weighted by atomic mass is 35.5. The summed E-state index contributed by atoms with van der Waals surface area (Å²) in [5.41, 5.74) is 8.19. The van der Waals surface area contributed by atoms with Crippen molar-refractivity contribution in [3.8, 4) is 22.4 Å². The van der Waals surface area contributed by atoms with Gasteiger partial charge in [0.05, 0.1) is 23.3 Å². The fraction of sp³-hybridized carbons (Fsp3) is 0.0357. The molecule has 0 atom stereocenters. The summed E-state index contributed by atoms with van der Waals surface area (Å²) in [6.07, 6.45) is 2.15. The maximum Gasteiger partial charge on any atom is 0.215 e. The van der Waals surface area contributed by atoms with Crippen LogP contribution >= 0.6 is 12.4 Å². The number of fused-ring (bicyclic) bond motifs is 3. The summed E-state index contributed by atoms with van der Waals surface area (Å²) < 4.78 is 4.51. The van der Waals surface area contributed by atoms with Crippen LogP contribution in [0.4, 0.5) is 0 Å². The summed E-state index contributed by atoms with van der Waals surface area (Å²) in [5.74, 6) is 0.965. The molecule has 0 amide bonds. The first kappa shape index (κ1) is 20.1. The van der Waals surface area contributed by atoms with E-state index < -0.39 is 0 Å². The molecule has 0 aliphatic rings. The highest BCUT2D eigenvalue weighted by Crippen LogP contribution is 2.28. The van der Waals surface area contributed by atoms with Gasteiger partial charge in [0.1, 0.15) is 0 Å². The Morgan fingerprint density at radius 1 is 0.562 bits per heavy atom. The van der Waals surface area contributed by atoms with Crippen LogP contribution in [0.2, 0.25) is 0 Å². The number of hydrogen-bond acceptors (Lipinski definition) is 1. The quantitative estimate of drug-likeness (QED) is 0.289. The van der Waals surface area contributed by atoms with Gasteiger partial charge in [-0.3, -0.25) is 4.40 Å². The first-order valence-corrected chi connectivity index (χ1v) is 10.5. The Labute approximate surface area is 193 Å². The van der Waals surface area contributed by atoms with Crippen molar-refractivity contribution < 1.29 is 0 Å². The molecule has 0 spiro atoms. The lowest BCUT2D eigenvalue weighted by molar-refractivity contribution is 0.846. The summed E-state index contributed by atoms with van der Waals surface area (Å²) in [5, 5.41) is 0. The summed E-state index contributed by atoms with van der Waals surface area (Å²) in [4.78, 5) is 5.04. The average molecular weight is 436 g/mol. The molecule has 0 saturated carbocycles. The Balaban J connectivity index is 0.00000216. The number of benzene rings is 4. The van der Waals surface area contributed by atoms with Crippen molar-refractivity contribution in [2.75, 3.05) is 0 Å². The number of nitrogens with zero attached hydrogens (tertiary/aromatic N) is 3. The van der Waals surface area contributed by atoms with Gasteiger partial charge in [0.2, 0.25) is 5.78 Å². The van der Waals surface area contributed by atoms with E-state index in [4.69, 9.17) is 4.98 Å². The molecule has 4 aromatic carbocycles. The fourth-order valence-electron chi connectivity index (χ4n) is 4.27. The van der Waals surface area contributed by atoms with Crippen LogP contribution in [0, 0.1) is 0 Å². The number of rotatable bonds is 4. The molecule has 0 radical (unpaired) electrons. The standard InChI is InChI=1S/C28H21N3.ClH/c1-3-9-21(10-4-1)19-30-26-13-7-8-14-27(26)31-20-25(29-28(30)31)24-17-15-23(16-18-24)22-11-5-2-6-12-22;/h1-18,20H,19H2;1H. The number of halogens is 1. The highest BCUT2D eigenvalue weighted by molar-refractivity contribution is 5.85. The average Bonchev–Trinajstić information content (AvgIpc) is 3.40. The molecule has 0 aliphatic heterocycles. The fourth-order valence-corrected chi connectivity index (χ4v) is 4.27. The van der Waals surface area contributed by atoms with Crippen molar-refractivity contribution in [1.29, 1.82) is 0 Å². The molecule has 32 heavy (non-hydrogen) atoms. The van der Waals surface area contributed by atoms with E-state index in [9.17, 15) is 0 Å². The number of aromatic nitrogens is 3. The minimum atomic E-state index is 0. The van der Waals surface area contributed by atoms with Crippen LogP contribution < -0.4 is 0 Å². The maximum atomic E-state index is 5.04. The van der Waals surface area contributed by atoms with Crippen LogP contribution in [-0.2, 0) is 6.54 Å². The van der Waals surface area contributed by atoms with E-state index in [2.05, 4.69) is 118 Å².